The highest BCUT2D eigenvalue weighted by Gasteiger charge is 2.57. The normalized spacial score (nSPS) is 24.1. The number of nitrogens with one attached hydrogen (secondary N) is 1. The van der Waals surface area contributed by atoms with Gasteiger partial charge in [0.1, 0.15) is 12.0 Å². The fraction of sp³-hybridized carbons (Fsp3) is 0.542. The molecule has 13 heteroatoms. The highest BCUT2D eigenvalue weighted by atomic mass is 32.2. The maximum absolute atomic E-state index is 13.5. The molecule has 1 aromatic rings. The Morgan fingerprint density at radius 2 is 1.68 bits per heavy atom. The maximum atomic E-state index is 13.5. The van der Waals surface area contributed by atoms with Crippen molar-refractivity contribution in [3.8, 4) is 0 Å². The Labute approximate surface area is 214 Å². The lowest BCUT2D eigenvalue weighted by molar-refractivity contribution is -0.162. The van der Waals surface area contributed by atoms with E-state index in [1.54, 1.807) is 25.1 Å². The van der Waals surface area contributed by atoms with Gasteiger partial charge in [-0.05, 0) is 31.2 Å². The first-order valence-electron chi connectivity index (χ1n) is 12.4. The number of likely N-dealkylation sites (N-methyl/N-ethyl adjacent to an activating group) is 1. The lowest BCUT2D eigenvalue weighted by atomic mass is 9.77. The van der Waals surface area contributed by atoms with Crippen LogP contribution in [0.15, 0.2) is 30.3 Å². The van der Waals surface area contributed by atoms with Crippen molar-refractivity contribution in [3.63, 3.8) is 0 Å². The molecule has 3 fully saturated rings. The standard InChI is InChI=1S/C24H30N4O8S/c1-2-26-13-14-27(24(33)23(26)32)21(30)17(15-9-5-3-6-10-15)20(29)25-18-19(16-11-7-4-8-12-16)28(22(18)31)37(34,35)36/h3,5-6,9-10,16-19H,2,4,7-8,11-14H2,1H3,(H,25,29)(H,34,35,36)/t17?,18-,19-/m1/s1. The molecule has 12 nitrogen and oxygen atoms in total. The molecular weight excluding hydrogens is 504 g/mol. The van der Waals surface area contributed by atoms with Crippen molar-refractivity contribution in [2.45, 2.75) is 57.0 Å². The molecule has 2 aliphatic heterocycles. The molecule has 200 valence electrons. The molecule has 1 aromatic carbocycles. The average molecular weight is 535 g/mol. The summed E-state index contributed by atoms with van der Waals surface area (Å²) in [6, 6.07) is 5.68. The van der Waals surface area contributed by atoms with Crippen LogP contribution in [0.5, 0.6) is 0 Å². The molecule has 0 spiro atoms. The lowest BCUT2D eigenvalue weighted by Gasteiger charge is -2.49. The molecule has 0 aromatic heterocycles. The van der Waals surface area contributed by atoms with Crippen LogP contribution in [-0.4, -0.2) is 88.3 Å². The molecular formula is C24H30N4O8S. The smallest absolute Gasteiger partial charge is 0.341 e. The third kappa shape index (κ3) is 5.10. The number of rotatable bonds is 7. The summed E-state index contributed by atoms with van der Waals surface area (Å²) in [5.41, 5.74) is 0.246. The molecule has 2 N–H and O–H groups in total. The summed E-state index contributed by atoms with van der Waals surface area (Å²) < 4.78 is 33.9. The minimum absolute atomic E-state index is 0.0859. The van der Waals surface area contributed by atoms with Gasteiger partial charge < -0.3 is 10.2 Å². The zero-order chi connectivity index (χ0) is 26.9. The van der Waals surface area contributed by atoms with E-state index in [0.29, 0.717) is 23.7 Å². The van der Waals surface area contributed by atoms with Crippen LogP contribution in [0.1, 0.15) is 50.5 Å². The average Bonchev–Trinajstić information content (AvgIpc) is 2.87. The number of amides is 5. The number of nitrogens with zero attached hydrogens (tertiary/aromatic N) is 3. The lowest BCUT2D eigenvalue weighted by Crippen LogP contribution is -2.74. The molecule has 3 atom stereocenters. The number of hydrogen-bond donors (Lipinski definition) is 2. The van der Waals surface area contributed by atoms with Gasteiger partial charge in [0, 0.05) is 19.6 Å². The summed E-state index contributed by atoms with van der Waals surface area (Å²) >= 11 is 0. The van der Waals surface area contributed by atoms with Crippen LogP contribution >= 0.6 is 0 Å². The van der Waals surface area contributed by atoms with Crippen LogP contribution in [-0.2, 0) is 34.3 Å². The Balaban J connectivity index is 1.61. The minimum Gasteiger partial charge on any atom is -0.341 e. The van der Waals surface area contributed by atoms with Gasteiger partial charge in [0.05, 0.1) is 6.04 Å². The fourth-order valence-corrected chi connectivity index (χ4v) is 6.41. The Morgan fingerprint density at radius 3 is 2.27 bits per heavy atom. The van der Waals surface area contributed by atoms with E-state index in [-0.39, 0.29) is 24.6 Å². The Bertz CT molecular complexity index is 1200. The maximum Gasteiger partial charge on any atom is 0.362 e. The van der Waals surface area contributed by atoms with Crippen LogP contribution in [0.2, 0.25) is 0 Å². The van der Waals surface area contributed by atoms with Crippen molar-refractivity contribution in [3.05, 3.63) is 35.9 Å². The van der Waals surface area contributed by atoms with Crippen molar-refractivity contribution in [2.24, 2.45) is 5.92 Å². The second kappa shape index (κ2) is 10.6. The van der Waals surface area contributed by atoms with E-state index in [1.165, 1.54) is 17.0 Å². The second-order valence-corrected chi connectivity index (χ2v) is 10.8. The molecule has 0 bridgehead atoms. The first-order valence-corrected chi connectivity index (χ1v) is 13.8. The zero-order valence-electron chi connectivity index (χ0n) is 20.4. The van der Waals surface area contributed by atoms with E-state index in [2.05, 4.69) is 5.32 Å². The van der Waals surface area contributed by atoms with Crippen LogP contribution in [0.3, 0.4) is 0 Å². The quantitative estimate of drug-likeness (QED) is 0.215. The monoisotopic (exact) mass is 534 g/mol. The third-order valence-electron chi connectivity index (χ3n) is 7.37. The third-order valence-corrected chi connectivity index (χ3v) is 8.29. The van der Waals surface area contributed by atoms with Gasteiger partial charge in [0.2, 0.25) is 11.8 Å². The summed E-state index contributed by atoms with van der Waals surface area (Å²) in [6.07, 6.45) is 3.84. The number of hydrogen-bond acceptors (Lipinski definition) is 7. The Kier molecular flexibility index (Phi) is 7.64. The summed E-state index contributed by atoms with van der Waals surface area (Å²) in [4.78, 5) is 66.9. The summed E-state index contributed by atoms with van der Waals surface area (Å²) in [5.74, 6) is -6.49. The van der Waals surface area contributed by atoms with Crippen LogP contribution in [0, 0.1) is 5.92 Å². The van der Waals surface area contributed by atoms with Gasteiger partial charge in [-0.15, -0.1) is 0 Å². The topological polar surface area (TPSA) is 161 Å². The van der Waals surface area contributed by atoms with E-state index in [9.17, 15) is 36.9 Å². The number of imide groups is 1. The van der Waals surface area contributed by atoms with E-state index < -0.39 is 57.8 Å². The van der Waals surface area contributed by atoms with Gasteiger partial charge in [-0.25, -0.2) is 4.31 Å². The molecule has 3 aliphatic rings. The van der Waals surface area contributed by atoms with Crippen molar-refractivity contribution in [1.29, 1.82) is 0 Å². The van der Waals surface area contributed by atoms with Crippen molar-refractivity contribution in [2.75, 3.05) is 19.6 Å². The predicted octanol–water partition coefficient (Wildman–Crippen LogP) is 0.0662. The molecule has 2 heterocycles. The Hall–Kier alpha value is -3.32. The van der Waals surface area contributed by atoms with Crippen LogP contribution < -0.4 is 5.32 Å². The second-order valence-electron chi connectivity index (χ2n) is 9.51. The Morgan fingerprint density at radius 1 is 1.03 bits per heavy atom. The molecule has 1 unspecified atom stereocenters. The summed E-state index contributed by atoms with van der Waals surface area (Å²) in [7, 11) is -4.84. The molecule has 5 amide bonds. The zero-order valence-corrected chi connectivity index (χ0v) is 21.2. The molecule has 0 radical (unpaired) electrons. The van der Waals surface area contributed by atoms with Gasteiger partial charge in [-0.2, -0.15) is 8.42 Å². The molecule has 1 saturated carbocycles. The predicted molar refractivity (Wildman–Crippen MR) is 129 cm³/mol. The van der Waals surface area contributed by atoms with E-state index >= 15 is 0 Å². The number of piperazine rings is 1. The van der Waals surface area contributed by atoms with Gasteiger partial charge in [0.15, 0.2) is 0 Å². The molecule has 1 aliphatic carbocycles. The fourth-order valence-electron chi connectivity index (χ4n) is 5.47. The van der Waals surface area contributed by atoms with Crippen LogP contribution in [0.25, 0.3) is 0 Å². The number of carbonyl (C=O) groups excluding carboxylic acids is 5. The number of β-lactam (4-membered cyclic amide) rings is 1. The van der Waals surface area contributed by atoms with E-state index in [1.807, 2.05) is 0 Å². The summed E-state index contributed by atoms with van der Waals surface area (Å²) in [5, 5.41) is 2.52. The van der Waals surface area contributed by atoms with Crippen LogP contribution in [0.4, 0.5) is 0 Å². The van der Waals surface area contributed by atoms with Crippen molar-refractivity contribution >= 4 is 39.8 Å². The number of carbonyl (C=O) groups is 5. The van der Waals surface area contributed by atoms with E-state index in [0.717, 1.165) is 24.2 Å². The summed E-state index contributed by atoms with van der Waals surface area (Å²) in [6.45, 7) is 2.05. The molecule has 4 rings (SSSR count). The van der Waals surface area contributed by atoms with Crippen molar-refractivity contribution < 1.29 is 36.9 Å². The van der Waals surface area contributed by atoms with Gasteiger partial charge >= 0.3 is 22.1 Å². The highest BCUT2D eigenvalue weighted by Crippen LogP contribution is 2.38. The molecule has 2 saturated heterocycles. The first kappa shape index (κ1) is 26.7. The first-order chi connectivity index (χ1) is 17.6. The largest absolute Gasteiger partial charge is 0.362 e. The SMILES string of the molecule is CCN1CCN(C(=O)C(C(=O)N[C@H]2C(=O)N(S(=O)(=O)O)[C@@H]2C2CCCCC2)c2ccccc2)C(=O)C1=O. The molecule has 37 heavy (non-hydrogen) atoms. The van der Waals surface area contributed by atoms with E-state index in [4.69, 9.17) is 0 Å². The van der Waals surface area contributed by atoms with Gasteiger partial charge in [0.25, 0.3) is 5.91 Å². The van der Waals surface area contributed by atoms with Gasteiger partial charge in [-0.3, -0.25) is 33.4 Å². The minimum atomic E-state index is -4.84. The van der Waals surface area contributed by atoms with Crippen molar-refractivity contribution in [1.82, 2.24) is 19.4 Å². The highest BCUT2D eigenvalue weighted by molar-refractivity contribution is 7.84. The number of benzene rings is 1. The van der Waals surface area contributed by atoms with Gasteiger partial charge in [-0.1, -0.05) is 49.6 Å².